The van der Waals surface area contributed by atoms with Gasteiger partial charge in [0.05, 0.1) is 16.8 Å². The van der Waals surface area contributed by atoms with Crippen molar-refractivity contribution in [2.75, 3.05) is 44.7 Å². The highest BCUT2D eigenvalue weighted by Gasteiger charge is 2.19. The molecule has 1 saturated heterocycles. The molecule has 3 aromatic rings. The third-order valence-electron chi connectivity index (χ3n) is 5.45. The third kappa shape index (κ3) is 4.54. The number of nitrogens with one attached hydrogen (secondary N) is 1. The van der Waals surface area contributed by atoms with E-state index in [1.165, 1.54) is 18.2 Å². The zero-order valence-corrected chi connectivity index (χ0v) is 18.3. The Morgan fingerprint density at radius 2 is 2.00 bits per heavy atom. The van der Waals surface area contributed by atoms with E-state index in [0.29, 0.717) is 27.6 Å². The summed E-state index contributed by atoms with van der Waals surface area (Å²) in [5, 5.41) is 26.1. The molecule has 0 saturated carbocycles. The van der Waals surface area contributed by atoms with Gasteiger partial charge in [-0.15, -0.1) is 0 Å². The summed E-state index contributed by atoms with van der Waals surface area (Å²) in [5.41, 5.74) is 2.78. The SMILES string of the molecule is CN1CCN(c2ccc(-c3cc(-c4cc(C(=O)NCC#N)ccc4O)no3)cc2Cl)CC1. The second kappa shape index (κ2) is 9.30. The largest absolute Gasteiger partial charge is 0.507 e. The van der Waals surface area contributed by atoms with E-state index in [1.54, 1.807) is 6.07 Å². The lowest BCUT2D eigenvalue weighted by atomic mass is 10.0. The first-order valence-corrected chi connectivity index (χ1v) is 10.5. The first-order valence-electron chi connectivity index (χ1n) is 10.1. The van der Waals surface area contributed by atoms with Crippen LogP contribution in [0.4, 0.5) is 5.69 Å². The fraction of sp³-hybridized carbons (Fsp3) is 0.261. The van der Waals surface area contributed by atoms with E-state index in [-0.39, 0.29) is 12.3 Å². The molecule has 1 amide bonds. The minimum atomic E-state index is -0.414. The number of carbonyl (C=O) groups is 1. The summed E-state index contributed by atoms with van der Waals surface area (Å²) in [6.07, 6.45) is 0. The Labute approximate surface area is 190 Å². The fourth-order valence-electron chi connectivity index (χ4n) is 3.61. The smallest absolute Gasteiger partial charge is 0.252 e. The van der Waals surface area contributed by atoms with Crippen LogP contribution in [0, 0.1) is 11.3 Å². The maximum Gasteiger partial charge on any atom is 0.252 e. The number of likely N-dealkylation sites (N-methyl/N-ethyl adjacent to an activating group) is 1. The number of amides is 1. The van der Waals surface area contributed by atoms with E-state index in [1.807, 2.05) is 24.3 Å². The molecule has 1 fully saturated rings. The summed E-state index contributed by atoms with van der Waals surface area (Å²) in [6.45, 7) is 3.70. The van der Waals surface area contributed by atoms with Crippen LogP contribution in [0.3, 0.4) is 0 Å². The van der Waals surface area contributed by atoms with Gasteiger partial charge in [-0.2, -0.15) is 5.26 Å². The highest BCUT2D eigenvalue weighted by atomic mass is 35.5. The van der Waals surface area contributed by atoms with Gasteiger partial charge >= 0.3 is 0 Å². The number of anilines is 1. The standard InChI is InChI=1S/C23H22ClN5O3/c1-28-8-10-29(11-9-28)20-4-2-15(13-18(20)24)22-14-19(27-32-22)17-12-16(3-5-21(17)30)23(31)26-7-6-25/h2-5,12-14,30H,7-11H2,1H3,(H,26,31). The van der Waals surface area contributed by atoms with E-state index < -0.39 is 5.91 Å². The number of hydrogen-bond donors (Lipinski definition) is 2. The van der Waals surface area contributed by atoms with Crippen molar-refractivity contribution in [1.29, 1.82) is 5.26 Å². The van der Waals surface area contributed by atoms with Gasteiger partial charge in [-0.3, -0.25) is 4.79 Å². The molecule has 2 heterocycles. The molecule has 4 rings (SSSR count). The maximum atomic E-state index is 12.1. The van der Waals surface area contributed by atoms with Crippen LogP contribution in [-0.4, -0.2) is 60.8 Å². The van der Waals surface area contributed by atoms with Gasteiger partial charge in [-0.1, -0.05) is 16.8 Å². The predicted molar refractivity (Wildman–Crippen MR) is 122 cm³/mol. The van der Waals surface area contributed by atoms with Crippen molar-refractivity contribution in [3.8, 4) is 34.4 Å². The molecule has 2 N–H and O–H groups in total. The molecule has 0 bridgehead atoms. The van der Waals surface area contributed by atoms with E-state index in [0.717, 1.165) is 37.4 Å². The van der Waals surface area contributed by atoms with Gasteiger partial charge in [-0.25, -0.2) is 0 Å². The van der Waals surface area contributed by atoms with Gasteiger partial charge < -0.3 is 24.7 Å². The maximum absolute atomic E-state index is 12.1. The van der Waals surface area contributed by atoms with Gasteiger partial charge in [-0.05, 0) is 43.4 Å². The topological polar surface area (TPSA) is 106 Å². The molecule has 9 heteroatoms. The summed E-state index contributed by atoms with van der Waals surface area (Å²) in [7, 11) is 2.11. The average molecular weight is 452 g/mol. The molecule has 0 unspecified atom stereocenters. The van der Waals surface area contributed by atoms with Crippen LogP contribution in [0.2, 0.25) is 5.02 Å². The Hall–Kier alpha value is -3.54. The van der Waals surface area contributed by atoms with Crippen molar-refractivity contribution in [2.24, 2.45) is 0 Å². The van der Waals surface area contributed by atoms with Crippen molar-refractivity contribution in [2.45, 2.75) is 0 Å². The van der Waals surface area contributed by atoms with Gasteiger partial charge in [0.25, 0.3) is 5.91 Å². The average Bonchev–Trinajstić information content (AvgIpc) is 3.28. The Kier molecular flexibility index (Phi) is 6.30. The lowest BCUT2D eigenvalue weighted by Crippen LogP contribution is -2.44. The molecule has 0 aliphatic carbocycles. The normalized spacial score (nSPS) is 14.2. The highest BCUT2D eigenvalue weighted by molar-refractivity contribution is 6.33. The van der Waals surface area contributed by atoms with Gasteiger partial charge in [0.2, 0.25) is 0 Å². The Morgan fingerprint density at radius 1 is 1.22 bits per heavy atom. The zero-order chi connectivity index (χ0) is 22.7. The molecular weight excluding hydrogens is 430 g/mol. The van der Waals surface area contributed by atoms with Crippen LogP contribution in [0.1, 0.15) is 10.4 Å². The first-order chi connectivity index (χ1) is 15.5. The Balaban J connectivity index is 1.57. The monoisotopic (exact) mass is 451 g/mol. The first kappa shape index (κ1) is 21.7. The summed E-state index contributed by atoms with van der Waals surface area (Å²) in [5.74, 6) is 0.0403. The Morgan fingerprint density at radius 3 is 2.72 bits per heavy atom. The quantitative estimate of drug-likeness (QED) is 0.573. The molecular formula is C23H22ClN5O3. The number of aromatic hydroxyl groups is 1. The van der Waals surface area contributed by atoms with Crippen molar-refractivity contribution in [3.63, 3.8) is 0 Å². The predicted octanol–water partition coefficient (Wildman–Crippen LogP) is 3.37. The van der Waals surface area contributed by atoms with E-state index in [4.69, 9.17) is 21.4 Å². The lowest BCUT2D eigenvalue weighted by Gasteiger charge is -2.34. The molecule has 0 spiro atoms. The summed E-state index contributed by atoms with van der Waals surface area (Å²) < 4.78 is 5.50. The number of nitriles is 1. The number of phenols is 1. The number of phenolic OH excluding ortho intramolecular Hbond substituents is 1. The van der Waals surface area contributed by atoms with Crippen molar-refractivity contribution in [1.82, 2.24) is 15.4 Å². The molecule has 1 aromatic heterocycles. The van der Waals surface area contributed by atoms with Crippen LogP contribution >= 0.6 is 11.6 Å². The molecule has 8 nitrogen and oxygen atoms in total. The number of aromatic nitrogens is 1. The number of benzene rings is 2. The molecule has 164 valence electrons. The second-order valence-electron chi connectivity index (χ2n) is 7.61. The zero-order valence-electron chi connectivity index (χ0n) is 17.5. The van der Waals surface area contributed by atoms with Gasteiger partial charge in [0.15, 0.2) is 5.76 Å². The van der Waals surface area contributed by atoms with Gasteiger partial charge in [0, 0.05) is 48.9 Å². The molecule has 32 heavy (non-hydrogen) atoms. The summed E-state index contributed by atoms with van der Waals surface area (Å²) >= 11 is 6.57. The van der Waals surface area contributed by atoms with Gasteiger partial charge in [0.1, 0.15) is 18.0 Å². The molecule has 2 aromatic carbocycles. The molecule has 1 aliphatic rings. The second-order valence-corrected chi connectivity index (χ2v) is 8.01. The number of rotatable bonds is 5. The van der Waals surface area contributed by atoms with Crippen LogP contribution in [-0.2, 0) is 0 Å². The van der Waals surface area contributed by atoms with Crippen molar-refractivity contribution in [3.05, 3.63) is 53.1 Å². The number of carbonyl (C=O) groups excluding carboxylic acids is 1. The van der Waals surface area contributed by atoms with Crippen LogP contribution in [0.15, 0.2) is 47.0 Å². The van der Waals surface area contributed by atoms with Crippen LogP contribution in [0.25, 0.3) is 22.6 Å². The molecule has 0 atom stereocenters. The van der Waals surface area contributed by atoms with E-state index in [9.17, 15) is 9.90 Å². The van der Waals surface area contributed by atoms with Crippen LogP contribution < -0.4 is 10.2 Å². The lowest BCUT2D eigenvalue weighted by molar-refractivity contribution is 0.0958. The summed E-state index contributed by atoms with van der Waals surface area (Å²) in [6, 6.07) is 13.7. The number of hydrogen-bond acceptors (Lipinski definition) is 7. The minimum absolute atomic E-state index is 0.0369. The molecule has 1 aliphatic heterocycles. The minimum Gasteiger partial charge on any atom is -0.507 e. The number of halogens is 1. The van der Waals surface area contributed by atoms with E-state index in [2.05, 4.69) is 27.3 Å². The van der Waals surface area contributed by atoms with Crippen molar-refractivity contribution >= 4 is 23.2 Å². The highest BCUT2D eigenvalue weighted by Crippen LogP contribution is 2.35. The Bertz CT molecular complexity index is 1180. The summed E-state index contributed by atoms with van der Waals surface area (Å²) in [4.78, 5) is 16.7. The molecule has 0 radical (unpaired) electrons. The fourth-order valence-corrected chi connectivity index (χ4v) is 3.91. The number of nitrogens with zero attached hydrogens (tertiary/aromatic N) is 4. The number of piperazine rings is 1. The van der Waals surface area contributed by atoms with Crippen LogP contribution in [0.5, 0.6) is 5.75 Å². The van der Waals surface area contributed by atoms with E-state index >= 15 is 0 Å². The third-order valence-corrected chi connectivity index (χ3v) is 5.75. The van der Waals surface area contributed by atoms with Crippen molar-refractivity contribution < 1.29 is 14.4 Å².